The second-order valence-electron chi connectivity index (χ2n) is 6.69. The first-order chi connectivity index (χ1) is 12.8. The Labute approximate surface area is 157 Å². The van der Waals surface area contributed by atoms with Crippen molar-refractivity contribution in [1.82, 2.24) is 14.8 Å². The molecule has 2 unspecified atom stereocenters. The van der Waals surface area contributed by atoms with Crippen LogP contribution in [0.15, 0.2) is 10.1 Å². The number of likely N-dealkylation sites (N-methyl/N-ethyl adjacent to an activating group) is 1. The zero-order chi connectivity index (χ0) is 19.9. The summed E-state index contributed by atoms with van der Waals surface area (Å²) in [5, 5.41) is 5.88. The van der Waals surface area contributed by atoms with Crippen molar-refractivity contribution >= 4 is 35.4 Å². The van der Waals surface area contributed by atoms with E-state index < -0.39 is 12.0 Å². The van der Waals surface area contributed by atoms with Gasteiger partial charge in [0.05, 0.1) is 12.3 Å². The van der Waals surface area contributed by atoms with Gasteiger partial charge in [0.1, 0.15) is 6.04 Å². The van der Waals surface area contributed by atoms with E-state index >= 15 is 0 Å². The highest BCUT2D eigenvalue weighted by molar-refractivity contribution is 6.23. The Hall–Kier alpha value is -2.78. The van der Waals surface area contributed by atoms with Crippen molar-refractivity contribution < 1.29 is 23.7 Å². The summed E-state index contributed by atoms with van der Waals surface area (Å²) < 4.78 is 6.84. The maximum absolute atomic E-state index is 13.1. The molecule has 1 saturated heterocycles. The summed E-state index contributed by atoms with van der Waals surface area (Å²) >= 11 is 0. The number of aliphatic imine (C=N–C) groups is 1. The molecule has 0 saturated carbocycles. The number of carbonyl (C=O) groups excluding carboxylic acids is 3. The number of hydrogen-bond acceptors (Lipinski definition) is 7. The van der Waals surface area contributed by atoms with Gasteiger partial charge in [0.2, 0.25) is 11.9 Å². The van der Waals surface area contributed by atoms with Crippen LogP contribution in [0.3, 0.4) is 0 Å². The molecule has 3 amide bonds. The van der Waals surface area contributed by atoms with Crippen LogP contribution in [0.5, 0.6) is 0 Å². The van der Waals surface area contributed by atoms with Crippen molar-refractivity contribution in [2.45, 2.75) is 46.2 Å². The average molecular weight is 377 g/mol. The molecule has 0 radical (unpaired) electrons. The topological polar surface area (TPSA) is 97.9 Å². The molecule has 146 valence electrons. The normalized spacial score (nSPS) is 24.7. The van der Waals surface area contributed by atoms with E-state index in [9.17, 15) is 14.4 Å². The molecule has 10 nitrogen and oxygen atoms in total. The summed E-state index contributed by atoms with van der Waals surface area (Å²) in [6.07, 6.45) is 0.673. The van der Waals surface area contributed by atoms with Gasteiger partial charge in [-0.1, -0.05) is 11.9 Å². The van der Waals surface area contributed by atoms with Gasteiger partial charge in [-0.15, -0.1) is 10.1 Å². The van der Waals surface area contributed by atoms with Crippen molar-refractivity contribution in [3.8, 4) is 0 Å². The SMILES string of the molecule is CCCN1C(=O)C2C(=NC3=[N+]2C(C)C(C)=NN3CC(=O)OCC)N(C)C1=O. The third kappa shape index (κ3) is 2.98. The number of urea groups is 1. The predicted molar refractivity (Wildman–Crippen MR) is 97.6 cm³/mol. The fourth-order valence-corrected chi connectivity index (χ4v) is 3.44. The molecular weight excluding hydrogens is 352 g/mol. The molecule has 0 aromatic rings. The van der Waals surface area contributed by atoms with Crippen molar-refractivity contribution in [3.05, 3.63) is 0 Å². The van der Waals surface area contributed by atoms with E-state index in [0.717, 1.165) is 5.71 Å². The van der Waals surface area contributed by atoms with Gasteiger partial charge >= 0.3 is 18.0 Å². The van der Waals surface area contributed by atoms with Crippen molar-refractivity contribution in [2.75, 3.05) is 26.7 Å². The van der Waals surface area contributed by atoms with Crippen molar-refractivity contribution in [3.63, 3.8) is 0 Å². The van der Waals surface area contributed by atoms with Crippen LogP contribution in [0.2, 0.25) is 0 Å². The largest absolute Gasteiger partial charge is 0.464 e. The third-order valence-corrected chi connectivity index (χ3v) is 4.89. The number of esters is 1. The number of nitrogens with zero attached hydrogens (tertiary/aromatic N) is 6. The molecular formula is C17H25N6O4+. The number of hydrogen-bond donors (Lipinski definition) is 0. The predicted octanol–water partition coefficient (Wildman–Crippen LogP) is 0.0827. The molecule has 0 aliphatic carbocycles. The second-order valence-corrected chi connectivity index (χ2v) is 6.69. The summed E-state index contributed by atoms with van der Waals surface area (Å²) in [6, 6.07) is -1.29. The van der Waals surface area contributed by atoms with Gasteiger partial charge in [0, 0.05) is 13.6 Å². The smallest absolute Gasteiger partial charge is 0.417 e. The quantitative estimate of drug-likeness (QED) is 0.499. The summed E-state index contributed by atoms with van der Waals surface area (Å²) in [5.74, 6) is 0.00582. The van der Waals surface area contributed by atoms with Gasteiger partial charge in [-0.05, 0) is 27.2 Å². The number of hydrazone groups is 1. The summed E-state index contributed by atoms with van der Waals surface area (Å²) in [4.78, 5) is 44.8. The summed E-state index contributed by atoms with van der Waals surface area (Å²) in [6.45, 7) is 7.91. The Morgan fingerprint density at radius 2 is 2.00 bits per heavy atom. The van der Waals surface area contributed by atoms with E-state index in [1.54, 1.807) is 14.0 Å². The maximum atomic E-state index is 13.1. The van der Waals surface area contributed by atoms with Gasteiger partial charge in [-0.25, -0.2) is 14.2 Å². The molecule has 0 aromatic heterocycles. The first-order valence-corrected chi connectivity index (χ1v) is 9.12. The van der Waals surface area contributed by atoms with Crippen LogP contribution in [-0.4, -0.2) is 93.6 Å². The summed E-state index contributed by atoms with van der Waals surface area (Å²) in [7, 11) is 1.61. The number of imide groups is 1. The van der Waals surface area contributed by atoms with E-state index in [1.807, 2.05) is 25.3 Å². The third-order valence-electron chi connectivity index (χ3n) is 4.89. The monoisotopic (exact) mass is 377 g/mol. The number of carbonyl (C=O) groups is 3. The highest BCUT2D eigenvalue weighted by Gasteiger charge is 2.56. The van der Waals surface area contributed by atoms with Gasteiger partial charge in [0.15, 0.2) is 6.54 Å². The van der Waals surface area contributed by atoms with Crippen molar-refractivity contribution in [2.24, 2.45) is 10.1 Å². The van der Waals surface area contributed by atoms with Crippen LogP contribution in [-0.2, 0) is 14.3 Å². The Morgan fingerprint density at radius 3 is 2.63 bits per heavy atom. The van der Waals surface area contributed by atoms with Crippen LogP contribution in [0.4, 0.5) is 4.79 Å². The molecule has 27 heavy (non-hydrogen) atoms. The Bertz CT molecular complexity index is 786. The molecule has 0 bridgehead atoms. The van der Waals surface area contributed by atoms with E-state index in [2.05, 4.69) is 10.1 Å². The maximum Gasteiger partial charge on any atom is 0.417 e. The standard InChI is InChI=1S/C17H25N6O4/c1-6-8-21-15(25)13-14(20(5)17(21)26)18-16-22(9-12(24)27-7-2)19-10(3)11(4)23(13)16/h11,13H,6-9H2,1-5H3/q+1. The molecule has 3 aliphatic heterocycles. The lowest BCUT2D eigenvalue weighted by Gasteiger charge is -2.35. The molecule has 3 rings (SSSR count). The van der Waals surface area contributed by atoms with Crippen LogP contribution in [0.1, 0.15) is 34.1 Å². The van der Waals surface area contributed by atoms with E-state index in [-0.39, 0.29) is 31.1 Å². The number of fused-ring (bicyclic) bond motifs is 2. The van der Waals surface area contributed by atoms with Gasteiger partial charge in [-0.3, -0.25) is 14.6 Å². The average Bonchev–Trinajstić information content (AvgIpc) is 3.03. The lowest BCUT2D eigenvalue weighted by Crippen LogP contribution is -2.64. The highest BCUT2D eigenvalue weighted by Crippen LogP contribution is 2.25. The lowest BCUT2D eigenvalue weighted by molar-refractivity contribution is -0.559. The zero-order valence-corrected chi connectivity index (χ0v) is 16.3. The minimum atomic E-state index is -0.709. The number of amides is 3. The van der Waals surface area contributed by atoms with Gasteiger partial charge in [0.25, 0.3) is 5.91 Å². The fraction of sp³-hybridized carbons (Fsp3) is 0.647. The van der Waals surface area contributed by atoms with Gasteiger partial charge < -0.3 is 4.74 Å². The molecule has 0 N–H and O–H groups in total. The fourth-order valence-electron chi connectivity index (χ4n) is 3.44. The molecule has 3 heterocycles. The van der Waals surface area contributed by atoms with Gasteiger partial charge in [-0.2, -0.15) is 0 Å². The molecule has 1 fully saturated rings. The molecule has 0 spiro atoms. The van der Waals surface area contributed by atoms with Crippen LogP contribution < -0.4 is 0 Å². The Kier molecular flexibility index (Phi) is 4.99. The Morgan fingerprint density at radius 1 is 1.30 bits per heavy atom. The minimum Gasteiger partial charge on any atom is -0.464 e. The van der Waals surface area contributed by atoms with E-state index in [4.69, 9.17) is 4.74 Å². The van der Waals surface area contributed by atoms with E-state index in [1.165, 1.54) is 14.8 Å². The molecule has 3 aliphatic rings. The minimum absolute atomic E-state index is 0.113. The number of amidine groups is 1. The first-order valence-electron chi connectivity index (χ1n) is 9.12. The van der Waals surface area contributed by atoms with E-state index in [0.29, 0.717) is 24.8 Å². The Balaban J connectivity index is 2.01. The lowest BCUT2D eigenvalue weighted by atomic mass is 10.1. The number of ether oxygens (including phenoxy) is 1. The highest BCUT2D eigenvalue weighted by atomic mass is 16.5. The van der Waals surface area contributed by atoms with Crippen molar-refractivity contribution in [1.29, 1.82) is 0 Å². The number of guanidine groups is 1. The zero-order valence-electron chi connectivity index (χ0n) is 16.3. The first kappa shape index (κ1) is 19.0. The number of rotatable bonds is 5. The second kappa shape index (κ2) is 7.09. The van der Waals surface area contributed by atoms with Crippen LogP contribution >= 0.6 is 0 Å². The summed E-state index contributed by atoms with van der Waals surface area (Å²) in [5.41, 5.74) is 0.744. The molecule has 10 heteroatoms. The van der Waals surface area contributed by atoms with Crippen LogP contribution in [0, 0.1) is 0 Å². The van der Waals surface area contributed by atoms with Crippen LogP contribution in [0.25, 0.3) is 0 Å². The molecule has 2 atom stereocenters. The molecule has 0 aromatic carbocycles.